The summed E-state index contributed by atoms with van der Waals surface area (Å²) < 4.78 is 0. The van der Waals surface area contributed by atoms with Crippen molar-refractivity contribution in [2.24, 2.45) is 11.5 Å². The van der Waals surface area contributed by atoms with Gasteiger partial charge in [0.05, 0.1) is 11.3 Å². The van der Waals surface area contributed by atoms with Crippen LogP contribution in [-0.4, -0.2) is 11.6 Å². The summed E-state index contributed by atoms with van der Waals surface area (Å²) in [6.45, 7) is 23.2. The molecular weight excluding hydrogens is 394 g/mol. The minimum Gasteiger partial charge on any atom is -0.405 e. The maximum atomic E-state index is 12.6. The van der Waals surface area contributed by atoms with Crippen molar-refractivity contribution in [3.8, 4) is 0 Å². The molecule has 0 amide bonds. The average Bonchev–Trinajstić information content (AvgIpc) is 2.74. The molecule has 0 heterocycles. The van der Waals surface area contributed by atoms with E-state index in [2.05, 4.69) is 65.6 Å². The second kappa shape index (κ2) is 20.3. The molecule has 1 unspecified atom stereocenters. The molecule has 4 heteroatoms. The quantitative estimate of drug-likeness (QED) is 0.210. The van der Waals surface area contributed by atoms with Gasteiger partial charge in [0.25, 0.3) is 0 Å². The molecule has 32 heavy (non-hydrogen) atoms. The standard InChI is InChI=1S/C19H28O.C5H10N2.C2H5N.C2H6/c1-6-10-18(20)19(5,14-13-16(4)15(2)3)17-11-8-7-9-12-17;1-4(2)3-5(6)7;1-2-3;1-2/h7-9,11-12H,6,10,13-14H2,1-5H3;1,3H2,2H3,(H3,6,7);2H,1,3H2;1-2H3. The molecule has 0 aliphatic carbocycles. The Hall–Kier alpha value is -2.62. The van der Waals surface area contributed by atoms with Crippen LogP contribution in [0.1, 0.15) is 93.1 Å². The number of Topliss-reactive ketones (excluding diaryl/α,β-unsaturated/α-hetero) is 1. The van der Waals surface area contributed by atoms with Crippen molar-refractivity contribution in [2.45, 2.75) is 92.9 Å². The Morgan fingerprint density at radius 2 is 1.56 bits per heavy atom. The molecule has 1 atom stereocenters. The minimum absolute atomic E-state index is 0.188. The summed E-state index contributed by atoms with van der Waals surface area (Å²) in [6, 6.07) is 10.2. The maximum absolute atomic E-state index is 12.6. The Morgan fingerprint density at radius 3 is 1.88 bits per heavy atom. The molecule has 0 saturated heterocycles. The van der Waals surface area contributed by atoms with Crippen LogP contribution < -0.4 is 11.5 Å². The average molecular weight is 444 g/mol. The Labute approximate surface area is 198 Å². The molecule has 182 valence electrons. The number of benzene rings is 1. The number of rotatable bonds is 9. The molecule has 0 aliphatic rings. The topological polar surface area (TPSA) is 93.0 Å². The SMILES string of the molecule is C=C(C)CC(=N)N.C=CN.CC.CCCC(=O)C(C)(CCC(C)=C(C)C)c1ccccc1. The van der Waals surface area contributed by atoms with E-state index in [-0.39, 0.29) is 11.3 Å². The van der Waals surface area contributed by atoms with Gasteiger partial charge in [-0.1, -0.05) is 81.0 Å². The first-order valence-electron chi connectivity index (χ1n) is 11.5. The summed E-state index contributed by atoms with van der Waals surface area (Å²) in [6.07, 6.45) is 5.25. The molecule has 0 bridgehead atoms. The van der Waals surface area contributed by atoms with Crippen molar-refractivity contribution in [1.82, 2.24) is 0 Å². The Kier molecular flexibility index (Phi) is 21.6. The second-order valence-corrected chi connectivity index (χ2v) is 8.05. The van der Waals surface area contributed by atoms with Crippen LogP contribution in [0.2, 0.25) is 0 Å². The molecule has 5 N–H and O–H groups in total. The van der Waals surface area contributed by atoms with E-state index in [1.165, 1.54) is 17.3 Å². The third-order valence-corrected chi connectivity index (χ3v) is 4.85. The highest BCUT2D eigenvalue weighted by Crippen LogP contribution is 2.33. The van der Waals surface area contributed by atoms with Crippen LogP contribution in [-0.2, 0) is 10.2 Å². The van der Waals surface area contributed by atoms with E-state index in [1.54, 1.807) is 0 Å². The van der Waals surface area contributed by atoms with Gasteiger partial charge in [0.15, 0.2) is 0 Å². The number of amidine groups is 1. The summed E-state index contributed by atoms with van der Waals surface area (Å²) in [5.41, 5.74) is 14.1. The molecule has 1 aromatic carbocycles. The van der Waals surface area contributed by atoms with Crippen LogP contribution in [0.15, 0.2) is 66.4 Å². The summed E-state index contributed by atoms with van der Waals surface area (Å²) in [5.74, 6) is 0.556. The van der Waals surface area contributed by atoms with Gasteiger partial charge < -0.3 is 11.5 Å². The van der Waals surface area contributed by atoms with Crippen LogP contribution in [0.4, 0.5) is 0 Å². The number of hydrogen-bond acceptors (Lipinski definition) is 3. The van der Waals surface area contributed by atoms with Gasteiger partial charge in [-0.2, -0.15) is 0 Å². The fourth-order valence-electron chi connectivity index (χ4n) is 2.77. The fraction of sp³-hybridized carbons (Fsp3) is 0.500. The monoisotopic (exact) mass is 443 g/mol. The third-order valence-electron chi connectivity index (χ3n) is 4.85. The molecule has 0 aliphatic heterocycles. The number of hydrogen-bond donors (Lipinski definition) is 3. The van der Waals surface area contributed by atoms with Crippen molar-refractivity contribution >= 4 is 11.6 Å². The minimum atomic E-state index is -0.353. The molecule has 4 nitrogen and oxygen atoms in total. The number of nitrogens with two attached hydrogens (primary N) is 2. The van der Waals surface area contributed by atoms with Crippen molar-refractivity contribution < 1.29 is 4.79 Å². The lowest BCUT2D eigenvalue weighted by atomic mass is 9.73. The molecule has 0 aromatic heterocycles. The molecule has 0 fully saturated rings. The summed E-state index contributed by atoms with van der Waals surface area (Å²) in [4.78, 5) is 12.6. The zero-order valence-corrected chi connectivity index (χ0v) is 22.0. The summed E-state index contributed by atoms with van der Waals surface area (Å²) >= 11 is 0. The molecular formula is C28H49N3O. The first-order chi connectivity index (χ1) is 15.0. The molecule has 0 spiro atoms. The zero-order chi connectivity index (χ0) is 25.7. The number of nitrogens with one attached hydrogen (secondary N) is 1. The smallest absolute Gasteiger partial charge is 0.143 e. The molecule has 0 saturated carbocycles. The van der Waals surface area contributed by atoms with Crippen LogP contribution >= 0.6 is 0 Å². The van der Waals surface area contributed by atoms with Gasteiger partial charge >= 0.3 is 0 Å². The van der Waals surface area contributed by atoms with E-state index in [0.29, 0.717) is 18.6 Å². The second-order valence-electron chi connectivity index (χ2n) is 8.05. The van der Waals surface area contributed by atoms with Gasteiger partial charge in [-0.3, -0.25) is 10.2 Å². The van der Waals surface area contributed by atoms with E-state index < -0.39 is 0 Å². The van der Waals surface area contributed by atoms with E-state index in [1.807, 2.05) is 39.0 Å². The lowest BCUT2D eigenvalue weighted by Gasteiger charge is -2.29. The van der Waals surface area contributed by atoms with Crippen molar-refractivity contribution in [3.05, 3.63) is 72.0 Å². The Bertz CT molecular complexity index is 689. The van der Waals surface area contributed by atoms with Crippen molar-refractivity contribution in [3.63, 3.8) is 0 Å². The highest BCUT2D eigenvalue weighted by atomic mass is 16.1. The highest BCUT2D eigenvalue weighted by Gasteiger charge is 2.33. The van der Waals surface area contributed by atoms with Crippen molar-refractivity contribution in [1.29, 1.82) is 5.41 Å². The van der Waals surface area contributed by atoms with Gasteiger partial charge in [-0.05, 0) is 65.6 Å². The summed E-state index contributed by atoms with van der Waals surface area (Å²) in [5, 5.41) is 6.74. The maximum Gasteiger partial charge on any atom is 0.143 e. The number of allylic oxidation sites excluding steroid dienone is 2. The molecule has 1 rings (SSSR count). The lowest BCUT2D eigenvalue weighted by Crippen LogP contribution is -2.32. The van der Waals surface area contributed by atoms with Crippen LogP contribution in [0.3, 0.4) is 0 Å². The number of carbonyl (C=O) groups excluding carboxylic acids is 1. The van der Waals surface area contributed by atoms with Gasteiger partial charge in [-0.25, -0.2) is 0 Å². The number of ketones is 1. The predicted molar refractivity (Wildman–Crippen MR) is 144 cm³/mol. The highest BCUT2D eigenvalue weighted by molar-refractivity contribution is 5.89. The predicted octanol–water partition coefficient (Wildman–Crippen LogP) is 7.45. The van der Waals surface area contributed by atoms with Gasteiger partial charge in [0, 0.05) is 12.8 Å². The van der Waals surface area contributed by atoms with Crippen LogP contribution in [0.25, 0.3) is 0 Å². The Balaban J connectivity index is -0.000000583. The zero-order valence-electron chi connectivity index (χ0n) is 22.0. The largest absolute Gasteiger partial charge is 0.405 e. The van der Waals surface area contributed by atoms with E-state index in [4.69, 9.17) is 11.1 Å². The first-order valence-corrected chi connectivity index (χ1v) is 11.5. The van der Waals surface area contributed by atoms with E-state index in [9.17, 15) is 4.79 Å². The van der Waals surface area contributed by atoms with E-state index in [0.717, 1.165) is 30.4 Å². The fourth-order valence-corrected chi connectivity index (χ4v) is 2.77. The molecule has 1 aromatic rings. The first kappa shape index (κ1) is 34.0. The normalized spacial score (nSPS) is 10.9. The summed E-state index contributed by atoms with van der Waals surface area (Å²) in [7, 11) is 0. The third kappa shape index (κ3) is 16.1. The lowest BCUT2D eigenvalue weighted by molar-refractivity contribution is -0.124. The van der Waals surface area contributed by atoms with Crippen LogP contribution in [0, 0.1) is 5.41 Å². The van der Waals surface area contributed by atoms with Gasteiger partial charge in [0.1, 0.15) is 5.78 Å². The van der Waals surface area contributed by atoms with Gasteiger partial charge in [0.2, 0.25) is 0 Å². The Morgan fingerprint density at radius 1 is 1.09 bits per heavy atom. The van der Waals surface area contributed by atoms with Crippen LogP contribution in [0.5, 0.6) is 0 Å². The van der Waals surface area contributed by atoms with Gasteiger partial charge in [-0.15, -0.1) is 0 Å². The van der Waals surface area contributed by atoms with E-state index >= 15 is 0 Å². The molecule has 0 radical (unpaired) electrons. The van der Waals surface area contributed by atoms with Crippen molar-refractivity contribution in [2.75, 3.05) is 0 Å². The number of carbonyl (C=O) groups is 1.